The predicted molar refractivity (Wildman–Crippen MR) is 94.8 cm³/mol. The first kappa shape index (κ1) is 16.6. The molecule has 3 N–H and O–H groups in total. The molecule has 1 aliphatic heterocycles. The van der Waals surface area contributed by atoms with Crippen molar-refractivity contribution < 1.29 is 18.3 Å². The van der Waals surface area contributed by atoms with Gasteiger partial charge in [-0.2, -0.15) is 0 Å². The largest absolute Gasteiger partial charge is 0.490 e. The van der Waals surface area contributed by atoms with Gasteiger partial charge in [0.25, 0.3) is 0 Å². The summed E-state index contributed by atoms with van der Waals surface area (Å²) in [4.78, 5) is 4.33. The van der Waals surface area contributed by atoms with Gasteiger partial charge < -0.3 is 20.5 Å². The molecule has 1 saturated carbocycles. The second-order valence-corrected chi connectivity index (χ2v) is 6.40. The molecule has 2 atom stereocenters. The lowest BCUT2D eigenvalue weighted by Gasteiger charge is -2.10. The average Bonchev–Trinajstić information content (AvgIpc) is 3.37. The van der Waals surface area contributed by atoms with Crippen molar-refractivity contribution in [3.05, 3.63) is 53.6 Å². The van der Waals surface area contributed by atoms with Crippen molar-refractivity contribution >= 4 is 11.6 Å². The van der Waals surface area contributed by atoms with Crippen LogP contribution in [0.25, 0.3) is 0 Å². The van der Waals surface area contributed by atoms with Gasteiger partial charge in [-0.05, 0) is 30.7 Å². The van der Waals surface area contributed by atoms with Gasteiger partial charge in [-0.15, -0.1) is 0 Å². The minimum atomic E-state index is -0.540. The molecule has 4 rings (SSSR count). The van der Waals surface area contributed by atoms with E-state index in [1.165, 1.54) is 18.2 Å². The van der Waals surface area contributed by atoms with Gasteiger partial charge in [-0.3, -0.25) is 0 Å². The Bertz CT molecular complexity index is 836. The summed E-state index contributed by atoms with van der Waals surface area (Å²) in [7, 11) is 0. The Kier molecular flexibility index (Phi) is 4.36. The van der Waals surface area contributed by atoms with Crippen LogP contribution in [0.1, 0.15) is 24.3 Å². The highest BCUT2D eigenvalue weighted by molar-refractivity contribution is 5.92. The Morgan fingerprint density at radius 3 is 2.58 bits per heavy atom. The molecule has 2 aromatic rings. The molecular formula is C19H19F2N3O2. The number of hydrogen-bond donors (Lipinski definition) is 2. The number of guanidine groups is 1. The van der Waals surface area contributed by atoms with Crippen LogP contribution in [0.2, 0.25) is 0 Å². The van der Waals surface area contributed by atoms with Crippen molar-refractivity contribution in [2.45, 2.75) is 24.8 Å². The lowest BCUT2D eigenvalue weighted by atomic mass is 10.1. The van der Waals surface area contributed by atoms with Gasteiger partial charge in [0.1, 0.15) is 11.6 Å². The number of nitrogens with one attached hydrogen (secondary N) is 1. The molecule has 2 aromatic carbocycles. The smallest absolute Gasteiger partial charge is 0.193 e. The monoisotopic (exact) mass is 359 g/mol. The number of nitrogens with zero attached hydrogens (tertiary/aromatic N) is 1. The van der Waals surface area contributed by atoms with Crippen molar-refractivity contribution in [3.8, 4) is 11.5 Å². The fourth-order valence-electron chi connectivity index (χ4n) is 3.10. The van der Waals surface area contributed by atoms with E-state index in [0.717, 1.165) is 6.42 Å². The number of aliphatic imine (C=N–C) groups is 1. The fourth-order valence-corrected chi connectivity index (χ4v) is 3.10. The van der Waals surface area contributed by atoms with E-state index in [2.05, 4.69) is 10.3 Å². The van der Waals surface area contributed by atoms with E-state index in [1.807, 2.05) is 12.1 Å². The van der Waals surface area contributed by atoms with E-state index >= 15 is 0 Å². The zero-order valence-corrected chi connectivity index (χ0v) is 14.0. The maximum Gasteiger partial charge on any atom is 0.193 e. The molecule has 0 radical (unpaired) electrons. The van der Waals surface area contributed by atoms with Gasteiger partial charge >= 0.3 is 0 Å². The highest BCUT2D eigenvalue weighted by Gasteiger charge is 2.42. The second-order valence-electron chi connectivity index (χ2n) is 6.40. The van der Waals surface area contributed by atoms with Crippen LogP contribution in [0.15, 0.2) is 41.4 Å². The zero-order valence-electron chi connectivity index (χ0n) is 14.0. The molecular weight excluding hydrogens is 340 g/mol. The Balaban J connectivity index is 1.44. The molecule has 7 heteroatoms. The van der Waals surface area contributed by atoms with Crippen LogP contribution in [0.5, 0.6) is 11.5 Å². The summed E-state index contributed by atoms with van der Waals surface area (Å²) >= 11 is 0. The number of halogens is 2. The van der Waals surface area contributed by atoms with Crippen LogP contribution in [0.3, 0.4) is 0 Å². The van der Waals surface area contributed by atoms with Gasteiger partial charge in [-0.1, -0.05) is 6.07 Å². The van der Waals surface area contributed by atoms with Gasteiger partial charge in [-0.25, -0.2) is 13.8 Å². The summed E-state index contributed by atoms with van der Waals surface area (Å²) in [5, 5.41) is 2.99. The van der Waals surface area contributed by atoms with E-state index in [1.54, 1.807) is 6.07 Å². The van der Waals surface area contributed by atoms with E-state index in [-0.39, 0.29) is 23.5 Å². The third-order valence-electron chi connectivity index (χ3n) is 4.45. The summed E-state index contributed by atoms with van der Waals surface area (Å²) in [6.45, 7) is 1.22. The standard InChI is InChI=1S/C19H19F2N3O2/c20-13-3-1-4-14(21)18(13)12-10-15(12)24-19(22)23-11-5-6-16-17(9-11)26-8-2-7-25-16/h1,3-6,9,12,15H,2,7-8,10H2,(H3,22,23,24). The molecule has 0 spiro atoms. The Morgan fingerprint density at radius 2 is 1.81 bits per heavy atom. The Morgan fingerprint density at radius 1 is 1.08 bits per heavy atom. The molecule has 136 valence electrons. The molecule has 0 saturated heterocycles. The molecule has 1 fully saturated rings. The fraction of sp³-hybridized carbons (Fsp3) is 0.316. The lowest BCUT2D eigenvalue weighted by Crippen LogP contribution is -2.23. The molecule has 5 nitrogen and oxygen atoms in total. The number of hydrogen-bond acceptors (Lipinski definition) is 3. The van der Waals surface area contributed by atoms with Gasteiger partial charge in [0.05, 0.1) is 19.3 Å². The first-order valence-corrected chi connectivity index (χ1v) is 8.55. The summed E-state index contributed by atoms with van der Waals surface area (Å²) in [6, 6.07) is 9.07. The molecule has 26 heavy (non-hydrogen) atoms. The molecule has 2 unspecified atom stereocenters. The normalized spacial score (nSPS) is 21.8. The molecule has 0 aromatic heterocycles. The first-order chi connectivity index (χ1) is 12.6. The summed E-state index contributed by atoms with van der Waals surface area (Å²) in [5.41, 5.74) is 6.75. The molecule has 0 amide bonds. The van der Waals surface area contributed by atoms with Crippen LogP contribution >= 0.6 is 0 Å². The van der Waals surface area contributed by atoms with E-state index in [0.29, 0.717) is 36.8 Å². The van der Waals surface area contributed by atoms with Crippen LogP contribution in [-0.4, -0.2) is 25.2 Å². The lowest BCUT2D eigenvalue weighted by molar-refractivity contribution is 0.297. The number of ether oxygens (including phenoxy) is 2. The Labute approximate surface area is 149 Å². The van der Waals surface area contributed by atoms with E-state index in [9.17, 15) is 8.78 Å². The highest BCUT2D eigenvalue weighted by atomic mass is 19.1. The van der Waals surface area contributed by atoms with Crippen LogP contribution in [-0.2, 0) is 0 Å². The van der Waals surface area contributed by atoms with E-state index in [4.69, 9.17) is 15.2 Å². The second kappa shape index (κ2) is 6.82. The minimum Gasteiger partial charge on any atom is -0.490 e. The van der Waals surface area contributed by atoms with Crippen molar-refractivity contribution in [2.24, 2.45) is 10.7 Å². The van der Waals surface area contributed by atoms with Crippen LogP contribution < -0.4 is 20.5 Å². The minimum absolute atomic E-state index is 0.0876. The summed E-state index contributed by atoms with van der Waals surface area (Å²) in [6.07, 6.45) is 1.40. The SMILES string of the molecule is NC(=NC1CC1c1c(F)cccc1F)Nc1ccc2c(c1)OCCCO2. The van der Waals surface area contributed by atoms with Crippen molar-refractivity contribution in [2.75, 3.05) is 18.5 Å². The summed E-state index contributed by atoms with van der Waals surface area (Å²) in [5.74, 6) is 0.187. The molecule has 1 heterocycles. The first-order valence-electron chi connectivity index (χ1n) is 8.55. The maximum absolute atomic E-state index is 13.8. The zero-order chi connectivity index (χ0) is 18.1. The third kappa shape index (κ3) is 3.42. The van der Waals surface area contributed by atoms with Gasteiger partial charge in [0.15, 0.2) is 17.5 Å². The van der Waals surface area contributed by atoms with Crippen molar-refractivity contribution in [3.63, 3.8) is 0 Å². The molecule has 1 aliphatic carbocycles. The van der Waals surface area contributed by atoms with Crippen LogP contribution in [0, 0.1) is 11.6 Å². The number of nitrogens with two attached hydrogens (primary N) is 1. The number of anilines is 1. The quantitative estimate of drug-likeness (QED) is 0.651. The van der Waals surface area contributed by atoms with Gasteiger partial charge in [0.2, 0.25) is 0 Å². The molecule has 0 bridgehead atoms. The summed E-state index contributed by atoms with van der Waals surface area (Å²) < 4.78 is 38.9. The van der Waals surface area contributed by atoms with Gasteiger partial charge in [0, 0.05) is 29.7 Å². The highest BCUT2D eigenvalue weighted by Crippen LogP contribution is 2.45. The maximum atomic E-state index is 13.8. The average molecular weight is 359 g/mol. The molecule has 2 aliphatic rings. The number of benzene rings is 2. The Hall–Kier alpha value is -2.83. The topological polar surface area (TPSA) is 68.9 Å². The number of rotatable bonds is 3. The van der Waals surface area contributed by atoms with Crippen molar-refractivity contribution in [1.82, 2.24) is 0 Å². The van der Waals surface area contributed by atoms with Crippen LogP contribution in [0.4, 0.5) is 14.5 Å². The number of fused-ring (bicyclic) bond motifs is 1. The van der Waals surface area contributed by atoms with E-state index < -0.39 is 11.6 Å². The van der Waals surface area contributed by atoms with Crippen molar-refractivity contribution in [1.29, 1.82) is 0 Å². The predicted octanol–water partition coefficient (Wildman–Crippen LogP) is 3.41. The third-order valence-corrected chi connectivity index (χ3v) is 4.45.